The normalized spacial score (nSPS) is 13.0. The van der Waals surface area contributed by atoms with E-state index in [2.05, 4.69) is 6.92 Å². The lowest BCUT2D eigenvalue weighted by molar-refractivity contribution is -0.163. The van der Waals surface area contributed by atoms with E-state index in [-0.39, 0.29) is 17.8 Å². The molecule has 3 aromatic carbocycles. The van der Waals surface area contributed by atoms with Crippen molar-refractivity contribution in [3.63, 3.8) is 0 Å². The number of benzene rings is 3. The summed E-state index contributed by atoms with van der Waals surface area (Å²) in [5, 5.41) is 0. The maximum atomic E-state index is 15.0. The minimum Gasteiger partial charge on any atom is -0.488 e. The minimum atomic E-state index is -4.12. The third-order valence-corrected chi connectivity index (χ3v) is 8.25. The van der Waals surface area contributed by atoms with Crippen LogP contribution in [0.4, 0.5) is 17.6 Å². The van der Waals surface area contributed by atoms with Gasteiger partial charge in [-0.15, -0.1) is 0 Å². The van der Waals surface area contributed by atoms with Crippen molar-refractivity contribution in [3.05, 3.63) is 95.1 Å². The van der Waals surface area contributed by atoms with E-state index in [1.165, 1.54) is 26.0 Å². The zero-order chi connectivity index (χ0) is 33.1. The van der Waals surface area contributed by atoms with E-state index in [4.69, 9.17) is 9.47 Å². The van der Waals surface area contributed by atoms with Crippen LogP contribution in [0.25, 0.3) is 0 Å². The van der Waals surface area contributed by atoms with Crippen molar-refractivity contribution in [1.82, 2.24) is 0 Å². The van der Waals surface area contributed by atoms with Crippen LogP contribution < -0.4 is 9.47 Å². The van der Waals surface area contributed by atoms with Crippen LogP contribution in [0, 0.1) is 5.41 Å². The zero-order valence-corrected chi connectivity index (χ0v) is 26.7. The summed E-state index contributed by atoms with van der Waals surface area (Å²) >= 11 is 0. The number of carbonyl (C=O) groups is 2. The van der Waals surface area contributed by atoms with Crippen molar-refractivity contribution in [2.24, 2.45) is 5.41 Å². The smallest absolute Gasteiger partial charge is 0.387 e. The maximum Gasteiger partial charge on any atom is 0.387 e. The largest absolute Gasteiger partial charge is 0.488 e. The first kappa shape index (κ1) is 34.8. The second kappa shape index (κ2) is 12.7. The van der Waals surface area contributed by atoms with Gasteiger partial charge in [-0.3, -0.25) is 4.79 Å². The first-order chi connectivity index (χ1) is 20.3. The monoisotopic (exact) mass is 614 g/mol. The van der Waals surface area contributed by atoms with E-state index < -0.39 is 45.6 Å². The predicted molar refractivity (Wildman–Crippen MR) is 164 cm³/mol. The second-order valence-corrected chi connectivity index (χ2v) is 13.0. The van der Waals surface area contributed by atoms with E-state index >= 15 is 8.78 Å². The molecule has 0 aromatic heterocycles. The molecule has 0 heterocycles. The number of rotatable bonds is 13. The summed E-state index contributed by atoms with van der Waals surface area (Å²) < 4.78 is 70.9. The molecule has 0 saturated carbocycles. The van der Waals surface area contributed by atoms with E-state index in [1.54, 1.807) is 19.1 Å². The van der Waals surface area contributed by atoms with Crippen molar-refractivity contribution >= 4 is 11.8 Å². The van der Waals surface area contributed by atoms with Crippen molar-refractivity contribution in [3.8, 4) is 11.5 Å². The first-order valence-electron chi connectivity index (χ1n) is 14.8. The van der Waals surface area contributed by atoms with E-state index in [9.17, 15) is 18.4 Å². The van der Waals surface area contributed by atoms with Gasteiger partial charge in [-0.25, -0.2) is 4.79 Å². The molecule has 0 unspecified atom stereocenters. The number of ketones is 1. The summed E-state index contributed by atoms with van der Waals surface area (Å²) in [6.45, 7) is 14.8. The van der Waals surface area contributed by atoms with Crippen LogP contribution in [0.15, 0.2) is 72.8 Å². The Kier molecular flexibility index (Phi) is 10.1. The molecule has 8 heteroatoms. The fourth-order valence-corrected chi connectivity index (χ4v) is 4.91. The van der Waals surface area contributed by atoms with Gasteiger partial charge in [0.2, 0.25) is 5.78 Å². The van der Waals surface area contributed by atoms with E-state index in [1.807, 2.05) is 52.0 Å². The Morgan fingerprint density at radius 1 is 0.614 bits per heavy atom. The highest BCUT2D eigenvalue weighted by molar-refractivity contribution is 5.91. The Bertz CT molecular complexity index is 1440. The van der Waals surface area contributed by atoms with Crippen molar-refractivity contribution < 1.29 is 36.6 Å². The molecular weight excluding hydrogens is 572 g/mol. The minimum absolute atomic E-state index is 0.0910. The Morgan fingerprint density at radius 2 is 1.02 bits per heavy atom. The van der Waals surface area contributed by atoms with Gasteiger partial charge in [-0.05, 0) is 62.1 Å². The molecule has 4 nitrogen and oxygen atoms in total. The maximum absolute atomic E-state index is 15.0. The molecule has 0 radical (unpaired) electrons. The molecule has 238 valence electrons. The lowest BCUT2D eigenvalue weighted by atomic mass is 9.78. The van der Waals surface area contributed by atoms with Crippen LogP contribution in [0.1, 0.15) is 96.9 Å². The number of halogens is 4. The Hall–Kier alpha value is -3.68. The molecule has 0 aliphatic heterocycles. The van der Waals surface area contributed by atoms with Gasteiger partial charge in [0, 0.05) is 22.0 Å². The number of alkyl halides is 4. The van der Waals surface area contributed by atoms with Gasteiger partial charge in [0.25, 0.3) is 0 Å². The number of Topliss-reactive ketones (excluding diaryl/α,β-unsaturated/α-hetero) is 1. The van der Waals surface area contributed by atoms with Crippen molar-refractivity contribution in [2.75, 3.05) is 0 Å². The van der Waals surface area contributed by atoms with Gasteiger partial charge in [0.1, 0.15) is 17.1 Å². The Morgan fingerprint density at radius 3 is 1.45 bits per heavy atom. The van der Waals surface area contributed by atoms with Crippen LogP contribution in [0.3, 0.4) is 0 Å². The number of carbonyl (C=O) groups excluding carboxylic acids is 2. The third-order valence-electron chi connectivity index (χ3n) is 8.25. The quantitative estimate of drug-likeness (QED) is 0.109. The van der Waals surface area contributed by atoms with Crippen LogP contribution in [-0.4, -0.2) is 17.4 Å². The van der Waals surface area contributed by atoms with Gasteiger partial charge in [-0.2, -0.15) is 17.6 Å². The van der Waals surface area contributed by atoms with Gasteiger partial charge >= 0.3 is 17.8 Å². The molecule has 0 spiro atoms. The summed E-state index contributed by atoms with van der Waals surface area (Å²) in [6, 6.07) is 16.9. The summed E-state index contributed by atoms with van der Waals surface area (Å²) in [4.78, 5) is 25.0. The Balaban J connectivity index is 1.72. The van der Waals surface area contributed by atoms with E-state index in [0.29, 0.717) is 6.42 Å². The van der Waals surface area contributed by atoms with Crippen molar-refractivity contribution in [2.45, 2.75) is 97.5 Å². The van der Waals surface area contributed by atoms with E-state index in [0.717, 1.165) is 47.6 Å². The van der Waals surface area contributed by atoms with Crippen molar-refractivity contribution in [1.29, 1.82) is 0 Å². The average Bonchev–Trinajstić information content (AvgIpc) is 2.97. The summed E-state index contributed by atoms with van der Waals surface area (Å²) in [7, 11) is 0. The fraction of sp³-hybridized carbons (Fsp3) is 0.444. The molecule has 3 aromatic rings. The molecule has 0 N–H and O–H groups in total. The summed E-state index contributed by atoms with van der Waals surface area (Å²) in [6.07, 6.45) is 1.64. The zero-order valence-electron chi connectivity index (χ0n) is 26.7. The third kappa shape index (κ3) is 7.51. The molecule has 0 aliphatic rings. The van der Waals surface area contributed by atoms with Crippen LogP contribution in [0.5, 0.6) is 11.5 Å². The number of hydrogen-bond acceptors (Lipinski definition) is 4. The number of hydrogen-bond donors (Lipinski definition) is 0. The lowest BCUT2D eigenvalue weighted by Gasteiger charge is -2.28. The fourth-order valence-electron chi connectivity index (χ4n) is 4.91. The summed E-state index contributed by atoms with van der Waals surface area (Å²) in [5.41, 5.74) is -1.71. The second-order valence-electron chi connectivity index (χ2n) is 13.0. The molecule has 0 atom stereocenters. The van der Waals surface area contributed by atoms with Gasteiger partial charge < -0.3 is 9.47 Å². The average molecular weight is 615 g/mol. The predicted octanol–water partition coefficient (Wildman–Crippen LogP) is 9.76. The first-order valence-corrected chi connectivity index (χ1v) is 14.8. The molecule has 0 bridgehead atoms. The topological polar surface area (TPSA) is 52.6 Å². The molecular formula is C36H42F4O4. The van der Waals surface area contributed by atoms with Gasteiger partial charge in [-0.1, -0.05) is 96.5 Å². The standard InChI is InChI=1S/C36H42F4O4/c1-9-23-32(3,4)30(41)35(37,38)26-11-13-27(14-12-26)36(39,40)31(42)43-28-19-15-24(16-20-28)34(7,8)25-17-21-29(22-18-25)44-33(5,6)10-2/h11-22H,9-10,23H2,1-8H3. The Labute approximate surface area is 257 Å². The SMILES string of the molecule is CCCC(C)(C)C(=O)C(F)(F)c1ccc(C(F)(F)C(=O)Oc2ccc(C(C)(C)c3ccc(OC(C)(C)CC)cc3)cc2)cc1. The van der Waals surface area contributed by atoms with Crippen LogP contribution in [-0.2, 0) is 26.8 Å². The summed E-state index contributed by atoms with van der Waals surface area (Å²) in [5.74, 6) is -10.5. The molecule has 0 aliphatic carbocycles. The molecule has 44 heavy (non-hydrogen) atoms. The molecule has 3 rings (SSSR count). The lowest BCUT2D eigenvalue weighted by Crippen LogP contribution is -2.38. The highest BCUT2D eigenvalue weighted by Crippen LogP contribution is 2.40. The highest BCUT2D eigenvalue weighted by Gasteiger charge is 2.49. The highest BCUT2D eigenvalue weighted by atomic mass is 19.3. The molecule has 0 saturated heterocycles. The van der Waals surface area contributed by atoms with Gasteiger partial charge in [0.05, 0.1) is 0 Å². The van der Waals surface area contributed by atoms with Gasteiger partial charge in [0.15, 0.2) is 0 Å². The number of esters is 1. The van der Waals surface area contributed by atoms with Crippen LogP contribution >= 0.6 is 0 Å². The molecule has 0 fully saturated rings. The van der Waals surface area contributed by atoms with Crippen LogP contribution in [0.2, 0.25) is 0 Å². The molecule has 0 amide bonds. The number of ether oxygens (including phenoxy) is 2.